The minimum Gasteiger partial charge on any atom is -0.478 e. The Balaban J connectivity index is 2.09. The number of rotatable bonds is 5. The lowest BCUT2D eigenvalue weighted by Gasteiger charge is -2.26. The first-order valence-corrected chi connectivity index (χ1v) is 10.1. The predicted molar refractivity (Wildman–Crippen MR) is 123 cm³/mol. The van der Waals surface area contributed by atoms with Crippen molar-refractivity contribution >= 4 is 22.4 Å². The zero-order valence-electron chi connectivity index (χ0n) is 17.5. The Morgan fingerprint density at radius 2 is 1.67 bits per heavy atom. The van der Waals surface area contributed by atoms with Gasteiger partial charge in [0.25, 0.3) is 0 Å². The van der Waals surface area contributed by atoms with Crippen molar-refractivity contribution in [1.29, 1.82) is 0 Å². The number of fused-ring (bicyclic) bond motifs is 1. The summed E-state index contributed by atoms with van der Waals surface area (Å²) in [7, 11) is 0. The molecule has 0 aliphatic carbocycles. The summed E-state index contributed by atoms with van der Waals surface area (Å²) in [5, 5.41) is 10.5. The maximum atomic E-state index is 11.4. The van der Waals surface area contributed by atoms with Crippen LogP contribution < -0.4 is 0 Å². The van der Waals surface area contributed by atoms with Crippen LogP contribution in [0.4, 0.5) is 0 Å². The van der Waals surface area contributed by atoms with Gasteiger partial charge in [-0.2, -0.15) is 0 Å². The van der Waals surface area contributed by atoms with Gasteiger partial charge < -0.3 is 9.67 Å². The summed E-state index contributed by atoms with van der Waals surface area (Å²) in [4.78, 5) is 11.4. The standard InChI is InChI=1S/C27H25NO2/c1-18-9-8-12-22(15-18)27(23-13-6-4-10-19(23)2)28-24-14-7-5-11-21(24)17-25(28)20(3)16-26(29)30/h4-17,27H,1-3H3,(H,29,30). The number of carboxylic acids is 1. The molecule has 0 spiro atoms. The van der Waals surface area contributed by atoms with E-state index in [4.69, 9.17) is 0 Å². The smallest absolute Gasteiger partial charge is 0.328 e. The van der Waals surface area contributed by atoms with Gasteiger partial charge in [0.1, 0.15) is 0 Å². The molecule has 1 heterocycles. The topological polar surface area (TPSA) is 42.2 Å². The normalized spacial score (nSPS) is 12.8. The lowest BCUT2D eigenvalue weighted by molar-refractivity contribution is -0.131. The van der Waals surface area contributed by atoms with E-state index in [2.05, 4.69) is 85.1 Å². The van der Waals surface area contributed by atoms with Crippen LogP contribution in [0.25, 0.3) is 16.5 Å². The van der Waals surface area contributed by atoms with Crippen molar-refractivity contribution in [1.82, 2.24) is 4.57 Å². The van der Waals surface area contributed by atoms with Crippen molar-refractivity contribution in [3.8, 4) is 0 Å². The molecule has 1 atom stereocenters. The number of aliphatic carboxylic acids is 1. The number of allylic oxidation sites excluding steroid dienone is 1. The third-order valence-corrected chi connectivity index (χ3v) is 5.59. The summed E-state index contributed by atoms with van der Waals surface area (Å²) >= 11 is 0. The number of hydrogen-bond acceptors (Lipinski definition) is 1. The molecule has 3 nitrogen and oxygen atoms in total. The van der Waals surface area contributed by atoms with Crippen molar-refractivity contribution in [2.45, 2.75) is 26.8 Å². The van der Waals surface area contributed by atoms with Crippen molar-refractivity contribution in [2.75, 3.05) is 0 Å². The molecule has 0 saturated heterocycles. The van der Waals surface area contributed by atoms with Crippen molar-refractivity contribution < 1.29 is 9.90 Å². The van der Waals surface area contributed by atoms with Crippen LogP contribution >= 0.6 is 0 Å². The van der Waals surface area contributed by atoms with Crippen molar-refractivity contribution in [3.05, 3.63) is 113 Å². The zero-order chi connectivity index (χ0) is 21.3. The number of para-hydroxylation sites is 1. The highest BCUT2D eigenvalue weighted by molar-refractivity contribution is 5.92. The largest absolute Gasteiger partial charge is 0.478 e. The van der Waals surface area contributed by atoms with Gasteiger partial charge in [-0.25, -0.2) is 4.79 Å². The fraction of sp³-hybridized carbons (Fsp3) is 0.148. The molecule has 150 valence electrons. The van der Waals surface area contributed by atoms with Crippen LogP contribution in [0.3, 0.4) is 0 Å². The molecule has 1 aromatic heterocycles. The molecule has 3 heteroatoms. The molecule has 3 aromatic carbocycles. The van der Waals surface area contributed by atoms with Crippen LogP contribution in [0.15, 0.2) is 84.9 Å². The molecular formula is C27H25NO2. The fourth-order valence-electron chi connectivity index (χ4n) is 4.22. The van der Waals surface area contributed by atoms with E-state index in [0.717, 1.165) is 22.2 Å². The molecule has 0 aliphatic heterocycles. The molecule has 0 aliphatic rings. The highest BCUT2D eigenvalue weighted by Crippen LogP contribution is 2.37. The maximum absolute atomic E-state index is 11.4. The first kappa shape index (κ1) is 19.7. The van der Waals surface area contributed by atoms with Gasteiger partial charge in [-0.1, -0.05) is 72.3 Å². The Kier molecular flexibility index (Phi) is 5.28. The summed E-state index contributed by atoms with van der Waals surface area (Å²) in [6.07, 6.45) is 1.29. The first-order valence-electron chi connectivity index (χ1n) is 10.1. The highest BCUT2D eigenvalue weighted by Gasteiger charge is 2.23. The Labute approximate surface area is 176 Å². The van der Waals surface area contributed by atoms with Crippen LogP contribution in [0.2, 0.25) is 0 Å². The molecular weight excluding hydrogens is 370 g/mol. The van der Waals surface area contributed by atoms with E-state index < -0.39 is 5.97 Å². The number of nitrogens with zero attached hydrogens (tertiary/aromatic N) is 1. The molecule has 0 bridgehead atoms. The van der Waals surface area contributed by atoms with E-state index >= 15 is 0 Å². The van der Waals surface area contributed by atoms with E-state index in [-0.39, 0.29) is 6.04 Å². The number of carbonyl (C=O) groups is 1. The van der Waals surface area contributed by atoms with Crippen LogP contribution in [-0.2, 0) is 4.79 Å². The SMILES string of the molecule is CC(=CC(=O)O)c1cc2ccccc2n1C(c1cccc(C)c1)c1ccccc1C. The molecule has 0 amide bonds. The quantitative estimate of drug-likeness (QED) is 0.398. The lowest BCUT2D eigenvalue weighted by Crippen LogP contribution is -2.16. The molecule has 4 rings (SSSR count). The van der Waals surface area contributed by atoms with Gasteiger partial charge in [-0.15, -0.1) is 0 Å². The van der Waals surface area contributed by atoms with Gasteiger partial charge in [-0.05, 0) is 55.2 Å². The van der Waals surface area contributed by atoms with Crippen LogP contribution in [0, 0.1) is 13.8 Å². The molecule has 30 heavy (non-hydrogen) atoms. The highest BCUT2D eigenvalue weighted by atomic mass is 16.4. The molecule has 0 saturated carbocycles. The Bertz CT molecular complexity index is 1260. The summed E-state index contributed by atoms with van der Waals surface area (Å²) in [5.41, 5.74) is 7.50. The Morgan fingerprint density at radius 3 is 2.40 bits per heavy atom. The van der Waals surface area contributed by atoms with Gasteiger partial charge >= 0.3 is 5.97 Å². The Morgan fingerprint density at radius 1 is 0.933 bits per heavy atom. The first-order chi connectivity index (χ1) is 14.5. The zero-order valence-corrected chi connectivity index (χ0v) is 17.5. The number of carboxylic acid groups (broad SMARTS) is 1. The second-order valence-corrected chi connectivity index (χ2v) is 7.80. The van der Waals surface area contributed by atoms with Gasteiger partial charge in [0, 0.05) is 22.7 Å². The van der Waals surface area contributed by atoms with Crippen LogP contribution in [0.5, 0.6) is 0 Å². The van der Waals surface area contributed by atoms with Gasteiger partial charge in [0.05, 0.1) is 6.04 Å². The van der Waals surface area contributed by atoms with E-state index in [1.807, 2.05) is 19.1 Å². The Hall–Kier alpha value is -3.59. The minimum absolute atomic E-state index is 0.0712. The average Bonchev–Trinajstić information content (AvgIpc) is 3.09. The molecule has 4 aromatic rings. The summed E-state index contributed by atoms with van der Waals surface area (Å²) in [6, 6.07) is 27.2. The summed E-state index contributed by atoms with van der Waals surface area (Å²) in [5.74, 6) is -0.938. The molecule has 0 radical (unpaired) electrons. The fourth-order valence-corrected chi connectivity index (χ4v) is 4.22. The third-order valence-electron chi connectivity index (χ3n) is 5.59. The monoisotopic (exact) mass is 395 g/mol. The number of hydrogen-bond donors (Lipinski definition) is 1. The van der Waals surface area contributed by atoms with Crippen LogP contribution in [0.1, 0.15) is 40.9 Å². The molecule has 1 N–H and O–H groups in total. The summed E-state index contributed by atoms with van der Waals surface area (Å²) in [6.45, 7) is 6.09. The van der Waals surface area contributed by atoms with Crippen molar-refractivity contribution in [3.63, 3.8) is 0 Å². The average molecular weight is 396 g/mol. The second kappa shape index (κ2) is 8.03. The number of aromatic nitrogens is 1. The number of aryl methyl sites for hydroxylation is 2. The second-order valence-electron chi connectivity index (χ2n) is 7.80. The van der Waals surface area contributed by atoms with E-state index in [0.29, 0.717) is 0 Å². The van der Waals surface area contributed by atoms with Crippen molar-refractivity contribution in [2.24, 2.45) is 0 Å². The summed E-state index contributed by atoms with van der Waals surface area (Å²) < 4.78 is 2.28. The lowest BCUT2D eigenvalue weighted by atomic mass is 9.93. The minimum atomic E-state index is -0.938. The van der Waals surface area contributed by atoms with E-state index in [1.54, 1.807) is 0 Å². The van der Waals surface area contributed by atoms with E-state index in [1.165, 1.54) is 28.3 Å². The van der Waals surface area contributed by atoms with Gasteiger partial charge in [0.2, 0.25) is 0 Å². The van der Waals surface area contributed by atoms with Gasteiger partial charge in [0.15, 0.2) is 0 Å². The maximum Gasteiger partial charge on any atom is 0.328 e. The molecule has 0 fully saturated rings. The third kappa shape index (κ3) is 3.67. The number of benzene rings is 3. The van der Waals surface area contributed by atoms with E-state index in [9.17, 15) is 9.90 Å². The van der Waals surface area contributed by atoms with Gasteiger partial charge in [-0.3, -0.25) is 0 Å². The van der Waals surface area contributed by atoms with Crippen LogP contribution in [-0.4, -0.2) is 15.6 Å². The molecule has 1 unspecified atom stereocenters. The predicted octanol–water partition coefficient (Wildman–Crippen LogP) is 6.38.